The zero-order chi connectivity index (χ0) is 13.0. The van der Waals surface area contributed by atoms with Crippen molar-refractivity contribution in [3.8, 4) is 5.75 Å². The number of hydrogen-bond donors (Lipinski definition) is 0. The lowest BCUT2D eigenvalue weighted by Gasteiger charge is -2.03. The van der Waals surface area contributed by atoms with Crippen LogP contribution in [0.1, 0.15) is 20.1 Å². The summed E-state index contributed by atoms with van der Waals surface area (Å²) in [5, 5.41) is 0. The fourth-order valence-electron chi connectivity index (χ4n) is 1.64. The van der Waals surface area contributed by atoms with Gasteiger partial charge in [0.1, 0.15) is 5.75 Å². The third-order valence-electron chi connectivity index (χ3n) is 2.53. The van der Waals surface area contributed by atoms with E-state index in [9.17, 15) is 4.79 Å². The Labute approximate surface area is 111 Å². The normalized spacial score (nSPS) is 10.8. The van der Waals surface area contributed by atoms with Gasteiger partial charge in [0.05, 0.1) is 12.7 Å². The minimum atomic E-state index is -0.0431. The maximum atomic E-state index is 12.0. The Hall–Kier alpha value is -1.87. The molecule has 0 atom stereocenters. The molecule has 0 aliphatic heterocycles. The fraction of sp³-hybridized carbons (Fsp3) is 0.133. The van der Waals surface area contributed by atoms with Crippen LogP contribution < -0.4 is 4.74 Å². The van der Waals surface area contributed by atoms with Crippen LogP contribution in [0, 0.1) is 6.92 Å². The lowest BCUT2D eigenvalue weighted by molar-refractivity contribution is 0.104. The highest BCUT2D eigenvalue weighted by molar-refractivity contribution is 7.12. The van der Waals surface area contributed by atoms with E-state index in [-0.39, 0.29) is 5.78 Å². The SMILES string of the molecule is COc1ccccc1C(=O)C=Cc1ccc(C)s1. The van der Waals surface area contributed by atoms with Crippen molar-refractivity contribution in [1.29, 1.82) is 0 Å². The highest BCUT2D eigenvalue weighted by Crippen LogP contribution is 2.20. The van der Waals surface area contributed by atoms with Crippen LogP contribution >= 0.6 is 11.3 Å². The van der Waals surface area contributed by atoms with Crippen molar-refractivity contribution in [1.82, 2.24) is 0 Å². The molecule has 0 bridgehead atoms. The number of allylic oxidation sites excluding steroid dienone is 1. The van der Waals surface area contributed by atoms with Gasteiger partial charge in [-0.15, -0.1) is 11.3 Å². The number of benzene rings is 1. The molecule has 1 heterocycles. The summed E-state index contributed by atoms with van der Waals surface area (Å²) in [4.78, 5) is 14.4. The van der Waals surface area contributed by atoms with Gasteiger partial charge in [0.25, 0.3) is 0 Å². The first-order valence-electron chi connectivity index (χ1n) is 5.62. The Morgan fingerprint density at radius 3 is 2.67 bits per heavy atom. The number of carbonyl (C=O) groups excluding carboxylic acids is 1. The first kappa shape index (κ1) is 12.6. The molecule has 0 saturated carbocycles. The molecule has 92 valence electrons. The van der Waals surface area contributed by atoms with Gasteiger partial charge in [-0.25, -0.2) is 0 Å². The van der Waals surface area contributed by atoms with Crippen molar-refractivity contribution in [2.24, 2.45) is 0 Å². The second-order valence-corrected chi connectivity index (χ2v) is 5.17. The molecule has 0 aliphatic carbocycles. The van der Waals surface area contributed by atoms with Gasteiger partial charge >= 0.3 is 0 Å². The molecule has 0 amide bonds. The van der Waals surface area contributed by atoms with Crippen LogP contribution in [0.15, 0.2) is 42.5 Å². The third kappa shape index (κ3) is 2.87. The van der Waals surface area contributed by atoms with Gasteiger partial charge in [0.15, 0.2) is 5.78 Å². The number of para-hydroxylation sites is 1. The zero-order valence-corrected chi connectivity index (χ0v) is 11.2. The Morgan fingerprint density at radius 2 is 2.00 bits per heavy atom. The highest BCUT2D eigenvalue weighted by atomic mass is 32.1. The van der Waals surface area contributed by atoms with E-state index in [1.54, 1.807) is 36.7 Å². The van der Waals surface area contributed by atoms with Crippen LogP contribution in [-0.4, -0.2) is 12.9 Å². The van der Waals surface area contributed by atoms with Gasteiger partial charge in [-0.2, -0.15) is 0 Å². The van der Waals surface area contributed by atoms with Crippen LogP contribution in [0.2, 0.25) is 0 Å². The van der Waals surface area contributed by atoms with Crippen LogP contribution in [0.4, 0.5) is 0 Å². The number of carbonyl (C=O) groups is 1. The molecule has 1 aromatic carbocycles. The summed E-state index contributed by atoms with van der Waals surface area (Å²) in [6.45, 7) is 2.05. The van der Waals surface area contributed by atoms with Crippen molar-refractivity contribution < 1.29 is 9.53 Å². The standard InChI is InChI=1S/C15H14O2S/c1-11-7-8-12(18-11)9-10-14(16)13-5-3-4-6-15(13)17-2/h3-10H,1-2H3. The van der Waals surface area contributed by atoms with Crippen molar-refractivity contribution >= 4 is 23.2 Å². The van der Waals surface area contributed by atoms with E-state index in [4.69, 9.17) is 4.74 Å². The number of thiophene rings is 1. The summed E-state index contributed by atoms with van der Waals surface area (Å²) in [6.07, 6.45) is 3.43. The van der Waals surface area contributed by atoms with Crippen molar-refractivity contribution in [3.05, 3.63) is 57.8 Å². The largest absolute Gasteiger partial charge is 0.496 e. The predicted octanol–water partition coefficient (Wildman–Crippen LogP) is 3.96. The van der Waals surface area contributed by atoms with Crippen molar-refractivity contribution in [2.45, 2.75) is 6.92 Å². The van der Waals surface area contributed by atoms with E-state index < -0.39 is 0 Å². The van der Waals surface area contributed by atoms with Crippen LogP contribution in [0.5, 0.6) is 5.75 Å². The van der Waals surface area contributed by atoms with Crippen LogP contribution in [0.25, 0.3) is 6.08 Å². The van der Waals surface area contributed by atoms with Crippen molar-refractivity contribution in [2.75, 3.05) is 7.11 Å². The Balaban J connectivity index is 2.19. The molecule has 2 rings (SSSR count). The molecular formula is C15H14O2S. The Kier molecular flexibility index (Phi) is 3.95. The summed E-state index contributed by atoms with van der Waals surface area (Å²) in [6, 6.07) is 11.3. The number of methoxy groups -OCH3 is 1. The molecule has 0 fully saturated rings. The maximum absolute atomic E-state index is 12.0. The van der Waals surface area contributed by atoms with E-state index in [1.165, 1.54) is 4.88 Å². The number of rotatable bonds is 4. The first-order valence-corrected chi connectivity index (χ1v) is 6.44. The van der Waals surface area contributed by atoms with Crippen molar-refractivity contribution in [3.63, 3.8) is 0 Å². The van der Waals surface area contributed by atoms with E-state index in [1.807, 2.05) is 37.3 Å². The highest BCUT2D eigenvalue weighted by Gasteiger charge is 2.07. The van der Waals surface area contributed by atoms with Gasteiger partial charge in [-0.3, -0.25) is 4.79 Å². The molecule has 0 N–H and O–H groups in total. The molecule has 18 heavy (non-hydrogen) atoms. The number of hydrogen-bond acceptors (Lipinski definition) is 3. The van der Waals surface area contributed by atoms with Crippen LogP contribution in [-0.2, 0) is 0 Å². The Morgan fingerprint density at radius 1 is 1.22 bits per heavy atom. The fourth-order valence-corrected chi connectivity index (χ4v) is 2.42. The Bertz CT molecular complexity index is 582. The number of ketones is 1. The number of aryl methyl sites for hydroxylation is 1. The average Bonchev–Trinajstić information content (AvgIpc) is 2.81. The smallest absolute Gasteiger partial charge is 0.189 e. The second-order valence-electron chi connectivity index (χ2n) is 3.85. The summed E-state index contributed by atoms with van der Waals surface area (Å²) in [7, 11) is 1.57. The van der Waals surface area contributed by atoms with Gasteiger partial charge in [-0.1, -0.05) is 12.1 Å². The molecule has 0 aliphatic rings. The van der Waals surface area contributed by atoms with E-state index in [0.29, 0.717) is 11.3 Å². The monoisotopic (exact) mass is 258 g/mol. The summed E-state index contributed by atoms with van der Waals surface area (Å²) in [5.41, 5.74) is 0.588. The number of ether oxygens (including phenoxy) is 1. The third-order valence-corrected chi connectivity index (χ3v) is 3.50. The topological polar surface area (TPSA) is 26.3 Å². The minimum Gasteiger partial charge on any atom is -0.496 e. The van der Waals surface area contributed by atoms with E-state index >= 15 is 0 Å². The molecule has 0 spiro atoms. The molecule has 3 heteroatoms. The lowest BCUT2D eigenvalue weighted by Crippen LogP contribution is -1.98. The molecule has 1 aromatic heterocycles. The second kappa shape index (κ2) is 5.65. The first-order chi connectivity index (χ1) is 8.70. The molecule has 2 aromatic rings. The van der Waals surface area contributed by atoms with Gasteiger partial charge in [-0.05, 0) is 43.3 Å². The lowest BCUT2D eigenvalue weighted by atomic mass is 10.1. The average molecular weight is 258 g/mol. The molecule has 0 saturated heterocycles. The van der Waals surface area contributed by atoms with Gasteiger partial charge in [0.2, 0.25) is 0 Å². The summed E-state index contributed by atoms with van der Waals surface area (Å²) >= 11 is 1.66. The zero-order valence-electron chi connectivity index (χ0n) is 10.3. The minimum absolute atomic E-state index is 0.0431. The molecule has 0 unspecified atom stereocenters. The summed E-state index contributed by atoms with van der Waals surface area (Å²) in [5.74, 6) is 0.563. The molecule has 0 radical (unpaired) electrons. The predicted molar refractivity (Wildman–Crippen MR) is 75.4 cm³/mol. The quantitative estimate of drug-likeness (QED) is 0.613. The van der Waals surface area contributed by atoms with Crippen LogP contribution in [0.3, 0.4) is 0 Å². The molecule has 2 nitrogen and oxygen atoms in total. The van der Waals surface area contributed by atoms with E-state index in [0.717, 1.165) is 4.88 Å². The van der Waals surface area contributed by atoms with Gasteiger partial charge < -0.3 is 4.74 Å². The van der Waals surface area contributed by atoms with Gasteiger partial charge in [0, 0.05) is 9.75 Å². The van der Waals surface area contributed by atoms with E-state index in [2.05, 4.69) is 0 Å². The molecular weight excluding hydrogens is 244 g/mol. The maximum Gasteiger partial charge on any atom is 0.189 e. The summed E-state index contributed by atoms with van der Waals surface area (Å²) < 4.78 is 5.17.